The Labute approximate surface area is 233 Å². The largest absolute Gasteiger partial charge is 0.478 e. The number of likely N-dealkylation sites (N-methyl/N-ethyl adjacent to an activating group) is 1. The third-order valence-electron chi connectivity index (χ3n) is 7.93. The molecule has 4 N–H and O–H groups in total. The van der Waals surface area contributed by atoms with Crippen molar-refractivity contribution in [3.05, 3.63) is 76.8 Å². The van der Waals surface area contributed by atoms with E-state index in [0.29, 0.717) is 29.3 Å². The van der Waals surface area contributed by atoms with Crippen molar-refractivity contribution in [2.24, 2.45) is 5.92 Å². The summed E-state index contributed by atoms with van der Waals surface area (Å²) >= 11 is 6.79. The summed E-state index contributed by atoms with van der Waals surface area (Å²) in [6, 6.07) is 16.9. The van der Waals surface area contributed by atoms with Gasteiger partial charge in [-0.2, -0.15) is 4.31 Å². The van der Waals surface area contributed by atoms with Gasteiger partial charge in [-0.3, -0.25) is 9.11 Å². The van der Waals surface area contributed by atoms with Gasteiger partial charge in [-0.05, 0) is 60.7 Å². The number of para-hydroxylation sites is 1. The van der Waals surface area contributed by atoms with Crippen LogP contribution in [0.25, 0.3) is 11.1 Å². The Morgan fingerprint density at radius 1 is 0.897 bits per heavy atom. The molecule has 1 aliphatic heterocycles. The van der Waals surface area contributed by atoms with Gasteiger partial charge < -0.3 is 15.1 Å². The highest BCUT2D eigenvalue weighted by atomic mass is 35.5. The molecule has 39 heavy (non-hydrogen) atoms. The molecule has 1 unspecified atom stereocenters. The van der Waals surface area contributed by atoms with Crippen LogP contribution in [-0.4, -0.2) is 55.2 Å². The first-order valence-electron chi connectivity index (χ1n) is 12.9. The predicted octanol–water partition coefficient (Wildman–Crippen LogP) is 7.46. The molecule has 1 fully saturated rings. The molecule has 8 nitrogen and oxygen atoms in total. The Hall–Kier alpha value is -3.08. The predicted molar refractivity (Wildman–Crippen MR) is 153 cm³/mol. The Morgan fingerprint density at radius 3 is 2.21 bits per heavy atom. The lowest BCUT2D eigenvalue weighted by Gasteiger charge is -2.46. The smallest absolute Gasteiger partial charge is 0.336 e. The summed E-state index contributed by atoms with van der Waals surface area (Å²) in [5.74, 6) is -2.43. The van der Waals surface area contributed by atoms with Crippen LogP contribution < -0.4 is 4.90 Å². The minimum Gasteiger partial charge on any atom is -0.478 e. The zero-order valence-corrected chi connectivity index (χ0v) is 23.0. The van der Waals surface area contributed by atoms with Gasteiger partial charge in [-0.15, -0.1) is 10.8 Å². The molecule has 0 saturated heterocycles. The van der Waals surface area contributed by atoms with E-state index >= 15 is 0 Å². The standard InChI is InChI=1S/C29H31ClN2O6S/c1-31-26(18-8-4-2-5-9-18)17-32(20-10-6-3-7-11-20)25-16-24(30)22(15-27(25)39(31,37)38)19-12-13-21(28(33)34)23(14-19)29(35)36/h3,6-7,10-16,18,26,37-38H,2,4-5,8-9,17H2,1H3,(H,33,34)(H,35,36). The van der Waals surface area contributed by atoms with Crippen LogP contribution in [0.3, 0.4) is 0 Å². The van der Waals surface area contributed by atoms with Gasteiger partial charge in [-0.25, -0.2) is 9.59 Å². The van der Waals surface area contributed by atoms with Gasteiger partial charge in [0.1, 0.15) is 0 Å². The maximum atomic E-state index is 11.8. The van der Waals surface area contributed by atoms with E-state index in [0.717, 1.165) is 31.4 Å². The summed E-state index contributed by atoms with van der Waals surface area (Å²) in [5.41, 5.74) is 1.49. The average Bonchev–Trinajstić information content (AvgIpc) is 3.01. The molecule has 1 atom stereocenters. The highest BCUT2D eigenvalue weighted by Gasteiger charge is 2.41. The minimum absolute atomic E-state index is 0.126. The fourth-order valence-corrected chi connectivity index (χ4v) is 7.75. The molecule has 10 heteroatoms. The van der Waals surface area contributed by atoms with E-state index in [1.54, 1.807) is 23.5 Å². The molecule has 206 valence electrons. The molecule has 1 saturated carbocycles. The fourth-order valence-electron chi connectivity index (χ4n) is 5.83. The molecule has 3 aromatic carbocycles. The number of hydrogen-bond acceptors (Lipinski definition) is 6. The van der Waals surface area contributed by atoms with E-state index in [2.05, 4.69) is 4.90 Å². The summed E-state index contributed by atoms with van der Waals surface area (Å²) in [7, 11) is -1.71. The van der Waals surface area contributed by atoms with Gasteiger partial charge in [0, 0.05) is 30.9 Å². The first kappa shape index (κ1) is 27.5. The Morgan fingerprint density at radius 2 is 1.56 bits per heavy atom. The molecule has 2 aliphatic rings. The number of nitrogens with zero attached hydrogens (tertiary/aromatic N) is 2. The molecule has 0 aromatic heterocycles. The number of fused-ring (bicyclic) bond motifs is 1. The average molecular weight is 571 g/mol. The fraction of sp³-hybridized carbons (Fsp3) is 0.310. The Kier molecular flexibility index (Phi) is 7.63. The summed E-state index contributed by atoms with van der Waals surface area (Å²) in [6.45, 7) is 0.542. The van der Waals surface area contributed by atoms with Crippen molar-refractivity contribution in [2.45, 2.75) is 43.0 Å². The van der Waals surface area contributed by atoms with E-state index in [-0.39, 0.29) is 27.1 Å². The van der Waals surface area contributed by atoms with Crippen molar-refractivity contribution < 1.29 is 28.9 Å². The lowest BCUT2D eigenvalue weighted by molar-refractivity contribution is 0.0651. The third kappa shape index (κ3) is 5.13. The minimum atomic E-state index is -3.47. The molecule has 1 aliphatic carbocycles. The van der Waals surface area contributed by atoms with Crippen LogP contribution in [0, 0.1) is 5.92 Å². The number of benzene rings is 3. The van der Waals surface area contributed by atoms with E-state index in [1.165, 1.54) is 24.6 Å². The maximum Gasteiger partial charge on any atom is 0.336 e. The summed E-state index contributed by atoms with van der Waals surface area (Å²) in [6.07, 6.45) is 5.44. The highest BCUT2D eigenvalue weighted by Crippen LogP contribution is 2.60. The molecule has 3 aromatic rings. The Bertz CT molecular complexity index is 1410. The normalized spacial score (nSPS) is 20.6. The summed E-state index contributed by atoms with van der Waals surface area (Å²) in [4.78, 5) is 25.7. The molecule has 5 rings (SSSR count). The van der Waals surface area contributed by atoms with Gasteiger partial charge >= 0.3 is 11.9 Å². The van der Waals surface area contributed by atoms with E-state index in [4.69, 9.17) is 11.6 Å². The second-order valence-electron chi connectivity index (χ2n) is 10.1. The number of carbonyl (C=O) groups is 2. The first-order valence-corrected chi connectivity index (χ1v) is 14.8. The topological polar surface area (TPSA) is 122 Å². The molecule has 1 heterocycles. The molecule has 0 amide bonds. The number of hydrogen-bond donors (Lipinski definition) is 4. The summed E-state index contributed by atoms with van der Waals surface area (Å²) in [5, 5.41) is 19.3. The number of carboxylic acids is 2. The molecule has 0 radical (unpaired) electrons. The monoisotopic (exact) mass is 570 g/mol. The number of rotatable bonds is 5. The van der Waals surface area contributed by atoms with Crippen LogP contribution >= 0.6 is 22.4 Å². The van der Waals surface area contributed by atoms with Crippen LogP contribution in [0.15, 0.2) is 65.6 Å². The van der Waals surface area contributed by atoms with Crippen molar-refractivity contribution in [3.63, 3.8) is 0 Å². The number of carboxylic acid groups (broad SMARTS) is 2. The molecule has 0 spiro atoms. The highest BCUT2D eigenvalue weighted by molar-refractivity contribution is 8.22. The number of aromatic carboxylic acids is 2. The zero-order chi connectivity index (χ0) is 27.9. The number of anilines is 2. The van der Waals surface area contributed by atoms with Crippen LogP contribution in [0.5, 0.6) is 0 Å². The van der Waals surface area contributed by atoms with Gasteiger partial charge in [0.15, 0.2) is 0 Å². The van der Waals surface area contributed by atoms with Crippen LogP contribution in [0.1, 0.15) is 52.8 Å². The second-order valence-corrected chi connectivity index (χ2v) is 12.6. The second kappa shape index (κ2) is 10.8. The number of halogens is 1. The molecule has 0 bridgehead atoms. The van der Waals surface area contributed by atoms with Gasteiger partial charge in [-0.1, -0.05) is 55.1 Å². The van der Waals surface area contributed by atoms with Crippen LogP contribution in [0.2, 0.25) is 5.02 Å². The Balaban J connectivity index is 1.69. The van der Waals surface area contributed by atoms with E-state index in [9.17, 15) is 28.9 Å². The van der Waals surface area contributed by atoms with Crippen molar-refractivity contribution in [1.82, 2.24) is 4.31 Å². The van der Waals surface area contributed by atoms with Gasteiger partial charge in [0.05, 0.1) is 26.7 Å². The van der Waals surface area contributed by atoms with Crippen LogP contribution in [0.4, 0.5) is 11.4 Å². The molecular weight excluding hydrogens is 540 g/mol. The van der Waals surface area contributed by atoms with Crippen molar-refractivity contribution in [2.75, 3.05) is 18.5 Å². The lowest BCUT2D eigenvalue weighted by atomic mass is 9.83. The lowest BCUT2D eigenvalue weighted by Crippen LogP contribution is -2.45. The quantitative estimate of drug-likeness (QED) is 0.249. The first-order chi connectivity index (χ1) is 18.6. The van der Waals surface area contributed by atoms with E-state index in [1.807, 2.05) is 30.3 Å². The summed E-state index contributed by atoms with van der Waals surface area (Å²) < 4.78 is 25.3. The zero-order valence-electron chi connectivity index (χ0n) is 21.5. The van der Waals surface area contributed by atoms with Crippen molar-refractivity contribution in [3.8, 4) is 11.1 Å². The maximum absolute atomic E-state index is 11.8. The molecular formula is C29H31ClN2O6S. The van der Waals surface area contributed by atoms with E-state index < -0.39 is 22.7 Å². The SMILES string of the molecule is CN1C(C2CCCCC2)CN(c2ccccc2)c2cc(Cl)c(-c3ccc(C(=O)O)c(C(=O)O)c3)cc2S1(O)O. The van der Waals surface area contributed by atoms with Gasteiger partial charge in [0.2, 0.25) is 0 Å². The third-order valence-corrected chi connectivity index (χ3v) is 10.2. The van der Waals surface area contributed by atoms with Crippen molar-refractivity contribution >= 4 is 45.7 Å². The van der Waals surface area contributed by atoms with Crippen molar-refractivity contribution in [1.29, 1.82) is 0 Å². The van der Waals surface area contributed by atoms with Gasteiger partial charge in [0.25, 0.3) is 0 Å². The van der Waals surface area contributed by atoms with Crippen LogP contribution in [-0.2, 0) is 0 Å².